The Bertz CT molecular complexity index is 445. The minimum Gasteiger partial charge on any atom is -0.358 e. The third kappa shape index (κ3) is 2.03. The fraction of sp³-hybridized carbons (Fsp3) is 0.333. The van der Waals surface area contributed by atoms with Gasteiger partial charge in [-0.1, -0.05) is 18.2 Å². The predicted octanol–water partition coefficient (Wildman–Crippen LogP) is 1.52. The van der Waals surface area contributed by atoms with Gasteiger partial charge in [-0.3, -0.25) is 0 Å². The van der Waals surface area contributed by atoms with Crippen molar-refractivity contribution in [3.63, 3.8) is 0 Å². The average molecular weight is 203 g/mol. The van der Waals surface area contributed by atoms with E-state index in [1.54, 1.807) is 0 Å². The van der Waals surface area contributed by atoms with Crippen LogP contribution in [0.4, 0.5) is 0 Å². The standard InChI is InChI=1S/C12H17N3/c1-9-11(8-14-7-6-13)10-4-2-3-5-12(10)15-9/h2-5,14-15H,6-8,13H2,1H3. The summed E-state index contributed by atoms with van der Waals surface area (Å²) in [5.41, 5.74) is 9.24. The monoisotopic (exact) mass is 203 g/mol. The number of nitrogens with one attached hydrogen (secondary N) is 2. The van der Waals surface area contributed by atoms with Gasteiger partial charge in [0.1, 0.15) is 0 Å². The van der Waals surface area contributed by atoms with E-state index < -0.39 is 0 Å². The number of hydrogen-bond acceptors (Lipinski definition) is 2. The molecule has 1 aromatic heterocycles. The summed E-state index contributed by atoms with van der Waals surface area (Å²) in [5, 5.41) is 4.63. The van der Waals surface area contributed by atoms with E-state index in [9.17, 15) is 0 Å². The van der Waals surface area contributed by atoms with Gasteiger partial charge in [0.15, 0.2) is 0 Å². The van der Waals surface area contributed by atoms with Crippen molar-refractivity contribution in [2.45, 2.75) is 13.5 Å². The van der Waals surface area contributed by atoms with Gasteiger partial charge in [0, 0.05) is 36.2 Å². The summed E-state index contributed by atoms with van der Waals surface area (Å²) in [6, 6.07) is 8.38. The summed E-state index contributed by atoms with van der Waals surface area (Å²) < 4.78 is 0. The van der Waals surface area contributed by atoms with E-state index in [2.05, 4.69) is 41.5 Å². The molecule has 4 N–H and O–H groups in total. The fourth-order valence-electron chi connectivity index (χ4n) is 1.88. The summed E-state index contributed by atoms with van der Waals surface area (Å²) in [6.07, 6.45) is 0. The van der Waals surface area contributed by atoms with Crippen LogP contribution in [0.2, 0.25) is 0 Å². The minimum absolute atomic E-state index is 0.682. The van der Waals surface area contributed by atoms with E-state index in [0.29, 0.717) is 6.54 Å². The number of aryl methyl sites for hydroxylation is 1. The molecule has 0 saturated heterocycles. The highest BCUT2D eigenvalue weighted by molar-refractivity contribution is 5.84. The van der Waals surface area contributed by atoms with Crippen molar-refractivity contribution >= 4 is 10.9 Å². The Labute approximate surface area is 89.7 Å². The second-order valence-electron chi connectivity index (χ2n) is 3.74. The quantitative estimate of drug-likeness (QED) is 0.660. The smallest absolute Gasteiger partial charge is 0.0459 e. The highest BCUT2D eigenvalue weighted by atomic mass is 14.9. The lowest BCUT2D eigenvalue weighted by Crippen LogP contribution is -2.22. The highest BCUT2D eigenvalue weighted by Crippen LogP contribution is 2.21. The van der Waals surface area contributed by atoms with E-state index >= 15 is 0 Å². The molecule has 0 radical (unpaired) electrons. The molecule has 0 bridgehead atoms. The molecular formula is C12H17N3. The lowest BCUT2D eigenvalue weighted by Gasteiger charge is -2.03. The molecule has 1 aromatic carbocycles. The summed E-state index contributed by atoms with van der Waals surface area (Å²) >= 11 is 0. The van der Waals surface area contributed by atoms with Crippen LogP contribution in [-0.2, 0) is 6.54 Å². The topological polar surface area (TPSA) is 53.8 Å². The Kier molecular flexibility index (Phi) is 3.04. The van der Waals surface area contributed by atoms with Gasteiger partial charge in [-0.05, 0) is 18.6 Å². The Balaban J connectivity index is 2.28. The van der Waals surface area contributed by atoms with Gasteiger partial charge in [-0.25, -0.2) is 0 Å². The molecule has 0 atom stereocenters. The summed E-state index contributed by atoms with van der Waals surface area (Å²) in [6.45, 7) is 4.53. The van der Waals surface area contributed by atoms with Gasteiger partial charge in [0.2, 0.25) is 0 Å². The van der Waals surface area contributed by atoms with Crippen molar-refractivity contribution in [3.8, 4) is 0 Å². The number of para-hydroxylation sites is 1. The first kappa shape index (κ1) is 10.2. The number of benzene rings is 1. The van der Waals surface area contributed by atoms with Crippen molar-refractivity contribution in [1.82, 2.24) is 10.3 Å². The van der Waals surface area contributed by atoms with Crippen LogP contribution in [-0.4, -0.2) is 18.1 Å². The van der Waals surface area contributed by atoms with E-state index in [4.69, 9.17) is 5.73 Å². The largest absolute Gasteiger partial charge is 0.358 e. The summed E-state index contributed by atoms with van der Waals surface area (Å²) in [5.74, 6) is 0. The van der Waals surface area contributed by atoms with Gasteiger partial charge in [-0.15, -0.1) is 0 Å². The first-order chi connectivity index (χ1) is 7.33. The van der Waals surface area contributed by atoms with Crippen LogP contribution in [0.1, 0.15) is 11.3 Å². The zero-order valence-corrected chi connectivity index (χ0v) is 9.01. The molecule has 2 aromatic rings. The molecule has 1 heterocycles. The number of aromatic amines is 1. The molecule has 0 spiro atoms. The van der Waals surface area contributed by atoms with Crippen molar-refractivity contribution in [2.24, 2.45) is 5.73 Å². The second kappa shape index (κ2) is 4.47. The number of rotatable bonds is 4. The van der Waals surface area contributed by atoms with Crippen LogP contribution in [0, 0.1) is 6.92 Å². The molecule has 15 heavy (non-hydrogen) atoms. The average Bonchev–Trinajstić information content (AvgIpc) is 2.56. The van der Waals surface area contributed by atoms with Crippen molar-refractivity contribution < 1.29 is 0 Å². The van der Waals surface area contributed by atoms with Gasteiger partial charge < -0.3 is 16.0 Å². The van der Waals surface area contributed by atoms with E-state index in [1.165, 1.54) is 22.2 Å². The Morgan fingerprint density at radius 3 is 2.93 bits per heavy atom. The molecule has 2 rings (SSSR count). The fourth-order valence-corrected chi connectivity index (χ4v) is 1.88. The van der Waals surface area contributed by atoms with E-state index in [0.717, 1.165) is 13.1 Å². The Morgan fingerprint density at radius 1 is 1.33 bits per heavy atom. The van der Waals surface area contributed by atoms with Gasteiger partial charge >= 0.3 is 0 Å². The zero-order chi connectivity index (χ0) is 10.7. The number of H-pyrrole nitrogens is 1. The van der Waals surface area contributed by atoms with Crippen LogP contribution in [0.25, 0.3) is 10.9 Å². The number of nitrogens with two attached hydrogens (primary N) is 1. The molecule has 3 heteroatoms. The van der Waals surface area contributed by atoms with Crippen LogP contribution in [0.3, 0.4) is 0 Å². The lowest BCUT2D eigenvalue weighted by atomic mass is 10.1. The normalized spacial score (nSPS) is 11.1. The van der Waals surface area contributed by atoms with Crippen molar-refractivity contribution in [1.29, 1.82) is 0 Å². The molecule has 80 valence electrons. The van der Waals surface area contributed by atoms with Gasteiger partial charge in [0.25, 0.3) is 0 Å². The second-order valence-corrected chi connectivity index (χ2v) is 3.74. The first-order valence-electron chi connectivity index (χ1n) is 5.30. The van der Waals surface area contributed by atoms with Crippen LogP contribution in [0.15, 0.2) is 24.3 Å². The number of hydrogen-bond donors (Lipinski definition) is 3. The van der Waals surface area contributed by atoms with Crippen molar-refractivity contribution in [3.05, 3.63) is 35.5 Å². The maximum Gasteiger partial charge on any atom is 0.0459 e. The van der Waals surface area contributed by atoms with Crippen LogP contribution >= 0.6 is 0 Å². The molecular weight excluding hydrogens is 186 g/mol. The Hall–Kier alpha value is -1.32. The van der Waals surface area contributed by atoms with Crippen LogP contribution in [0.5, 0.6) is 0 Å². The van der Waals surface area contributed by atoms with Gasteiger partial charge in [0.05, 0.1) is 0 Å². The maximum atomic E-state index is 5.45. The Morgan fingerprint density at radius 2 is 2.13 bits per heavy atom. The van der Waals surface area contributed by atoms with E-state index in [-0.39, 0.29) is 0 Å². The summed E-state index contributed by atoms with van der Waals surface area (Å²) in [4.78, 5) is 3.38. The molecule has 0 aliphatic rings. The molecule has 0 aliphatic carbocycles. The van der Waals surface area contributed by atoms with Gasteiger partial charge in [-0.2, -0.15) is 0 Å². The van der Waals surface area contributed by atoms with E-state index in [1.807, 2.05) is 0 Å². The predicted molar refractivity (Wildman–Crippen MR) is 63.8 cm³/mol. The number of aromatic nitrogens is 1. The van der Waals surface area contributed by atoms with Crippen LogP contribution < -0.4 is 11.1 Å². The molecule has 0 amide bonds. The molecule has 0 aliphatic heterocycles. The van der Waals surface area contributed by atoms with Crippen molar-refractivity contribution in [2.75, 3.05) is 13.1 Å². The zero-order valence-electron chi connectivity index (χ0n) is 9.01. The summed E-state index contributed by atoms with van der Waals surface area (Å²) in [7, 11) is 0. The minimum atomic E-state index is 0.682. The molecule has 0 fully saturated rings. The lowest BCUT2D eigenvalue weighted by molar-refractivity contribution is 0.695. The molecule has 0 unspecified atom stereocenters. The molecule has 0 saturated carbocycles. The highest BCUT2D eigenvalue weighted by Gasteiger charge is 2.06. The SMILES string of the molecule is Cc1[nH]c2ccccc2c1CNCCN. The molecule has 3 nitrogen and oxygen atoms in total. The third-order valence-electron chi connectivity index (χ3n) is 2.65. The maximum absolute atomic E-state index is 5.45. The third-order valence-corrected chi connectivity index (χ3v) is 2.65. The number of fused-ring (bicyclic) bond motifs is 1. The first-order valence-corrected chi connectivity index (χ1v) is 5.30.